The van der Waals surface area contributed by atoms with Crippen LogP contribution >= 0.6 is 11.5 Å². The van der Waals surface area contributed by atoms with Crippen LogP contribution in [0.25, 0.3) is 11.4 Å². The van der Waals surface area contributed by atoms with E-state index in [0.29, 0.717) is 6.54 Å². The van der Waals surface area contributed by atoms with Gasteiger partial charge in [0, 0.05) is 43.3 Å². The van der Waals surface area contributed by atoms with E-state index >= 15 is 0 Å². The van der Waals surface area contributed by atoms with E-state index in [9.17, 15) is 4.79 Å². The van der Waals surface area contributed by atoms with Crippen LogP contribution in [-0.2, 0) is 9.53 Å². The Morgan fingerprint density at radius 3 is 2.64 bits per heavy atom. The molecule has 2 heterocycles. The Morgan fingerprint density at radius 2 is 1.95 bits per heavy atom. The van der Waals surface area contributed by atoms with Gasteiger partial charge in [0.25, 0.3) is 0 Å². The van der Waals surface area contributed by atoms with Crippen molar-refractivity contribution in [2.24, 2.45) is 0 Å². The van der Waals surface area contributed by atoms with Gasteiger partial charge in [-0.25, -0.2) is 0 Å². The zero-order valence-corrected chi connectivity index (χ0v) is 13.3. The van der Waals surface area contributed by atoms with Crippen LogP contribution in [0, 0.1) is 0 Å². The molecule has 1 aromatic carbocycles. The highest BCUT2D eigenvalue weighted by Crippen LogP contribution is 2.24. The normalized spacial score (nSPS) is 15.8. The van der Waals surface area contributed by atoms with Gasteiger partial charge in [0.05, 0.1) is 13.7 Å². The lowest BCUT2D eigenvalue weighted by atomic mass is 10.2. The number of hydrogen-bond acceptors (Lipinski definition) is 7. The largest absolute Gasteiger partial charge is 0.468 e. The summed E-state index contributed by atoms with van der Waals surface area (Å²) in [5.74, 6) is 0.591. The zero-order valence-electron chi connectivity index (χ0n) is 12.4. The summed E-state index contributed by atoms with van der Waals surface area (Å²) in [7, 11) is 1.42. The SMILES string of the molecule is COC(=O)CN1CCN(c2nc(-c3ccccc3)ns2)CC1. The third-order valence-corrected chi connectivity index (χ3v) is 4.45. The number of methoxy groups -OCH3 is 1. The molecule has 0 saturated carbocycles. The number of esters is 1. The van der Waals surface area contributed by atoms with Gasteiger partial charge in [-0.1, -0.05) is 30.3 Å². The topological polar surface area (TPSA) is 58.6 Å². The quantitative estimate of drug-likeness (QED) is 0.796. The molecular formula is C15H18N4O2S. The van der Waals surface area contributed by atoms with E-state index in [0.717, 1.165) is 42.7 Å². The Morgan fingerprint density at radius 1 is 1.23 bits per heavy atom. The van der Waals surface area contributed by atoms with Crippen LogP contribution in [0.1, 0.15) is 0 Å². The van der Waals surface area contributed by atoms with Gasteiger partial charge in [0.1, 0.15) is 0 Å². The molecule has 116 valence electrons. The number of aromatic nitrogens is 2. The molecule has 1 saturated heterocycles. The number of anilines is 1. The molecule has 0 aliphatic carbocycles. The molecule has 0 amide bonds. The molecule has 1 aliphatic heterocycles. The summed E-state index contributed by atoms with van der Waals surface area (Å²) in [6.07, 6.45) is 0. The van der Waals surface area contributed by atoms with Gasteiger partial charge in [0.15, 0.2) is 5.82 Å². The highest BCUT2D eigenvalue weighted by atomic mass is 32.1. The molecule has 1 fully saturated rings. The van der Waals surface area contributed by atoms with Crippen LogP contribution in [0.3, 0.4) is 0 Å². The van der Waals surface area contributed by atoms with Gasteiger partial charge < -0.3 is 9.64 Å². The van der Waals surface area contributed by atoms with Crippen LogP contribution in [0.15, 0.2) is 30.3 Å². The van der Waals surface area contributed by atoms with Crippen molar-refractivity contribution in [3.63, 3.8) is 0 Å². The fourth-order valence-electron chi connectivity index (χ4n) is 2.39. The summed E-state index contributed by atoms with van der Waals surface area (Å²) in [5, 5.41) is 0.941. The van der Waals surface area contributed by atoms with Crippen LogP contribution in [-0.4, -0.2) is 60.1 Å². The van der Waals surface area contributed by atoms with Gasteiger partial charge in [-0.05, 0) is 0 Å². The molecule has 1 aromatic heterocycles. The second kappa shape index (κ2) is 6.85. The lowest BCUT2D eigenvalue weighted by Crippen LogP contribution is -2.48. The fourth-order valence-corrected chi connectivity index (χ4v) is 3.13. The van der Waals surface area contributed by atoms with Crippen molar-refractivity contribution in [1.82, 2.24) is 14.3 Å². The van der Waals surface area contributed by atoms with E-state index in [4.69, 9.17) is 4.74 Å². The minimum absolute atomic E-state index is 0.185. The molecular weight excluding hydrogens is 300 g/mol. The van der Waals surface area contributed by atoms with Crippen molar-refractivity contribution in [2.75, 3.05) is 44.7 Å². The van der Waals surface area contributed by atoms with Gasteiger partial charge >= 0.3 is 5.97 Å². The predicted molar refractivity (Wildman–Crippen MR) is 86.0 cm³/mol. The Labute approximate surface area is 133 Å². The summed E-state index contributed by atoms with van der Waals surface area (Å²) >= 11 is 1.43. The monoisotopic (exact) mass is 318 g/mol. The summed E-state index contributed by atoms with van der Waals surface area (Å²) in [6.45, 7) is 3.71. The first-order valence-electron chi connectivity index (χ1n) is 7.19. The molecule has 2 aromatic rings. The fraction of sp³-hybridized carbons (Fsp3) is 0.400. The van der Waals surface area contributed by atoms with Crippen LogP contribution in [0.2, 0.25) is 0 Å². The molecule has 7 heteroatoms. The molecule has 3 rings (SSSR count). The first kappa shape index (κ1) is 14.9. The van der Waals surface area contributed by atoms with Crippen LogP contribution < -0.4 is 4.90 Å². The summed E-state index contributed by atoms with van der Waals surface area (Å²) < 4.78 is 9.15. The van der Waals surface area contributed by atoms with Crippen LogP contribution in [0.4, 0.5) is 5.13 Å². The van der Waals surface area contributed by atoms with E-state index in [2.05, 4.69) is 19.2 Å². The number of benzene rings is 1. The summed E-state index contributed by atoms with van der Waals surface area (Å²) in [6, 6.07) is 9.99. The number of carbonyl (C=O) groups is 1. The van der Waals surface area contributed by atoms with Crippen LogP contribution in [0.5, 0.6) is 0 Å². The second-order valence-electron chi connectivity index (χ2n) is 5.11. The van der Waals surface area contributed by atoms with Crippen molar-refractivity contribution < 1.29 is 9.53 Å². The van der Waals surface area contributed by atoms with E-state index < -0.39 is 0 Å². The summed E-state index contributed by atoms with van der Waals surface area (Å²) in [4.78, 5) is 20.2. The second-order valence-corrected chi connectivity index (χ2v) is 5.84. The van der Waals surface area contributed by atoms with E-state index in [-0.39, 0.29) is 5.97 Å². The molecule has 0 radical (unpaired) electrons. The number of piperazine rings is 1. The van der Waals surface area contributed by atoms with Gasteiger partial charge in [-0.2, -0.15) is 9.36 Å². The minimum Gasteiger partial charge on any atom is -0.468 e. The first-order chi connectivity index (χ1) is 10.8. The molecule has 0 bridgehead atoms. The van der Waals surface area contributed by atoms with Crippen molar-refractivity contribution in [3.8, 4) is 11.4 Å². The smallest absolute Gasteiger partial charge is 0.319 e. The van der Waals surface area contributed by atoms with Gasteiger partial charge in [-0.15, -0.1) is 0 Å². The summed E-state index contributed by atoms with van der Waals surface area (Å²) in [5.41, 5.74) is 1.04. The zero-order chi connectivity index (χ0) is 15.4. The van der Waals surface area contributed by atoms with Gasteiger partial charge in [-0.3, -0.25) is 9.69 Å². The van der Waals surface area contributed by atoms with Crippen molar-refractivity contribution >= 4 is 22.6 Å². The van der Waals surface area contributed by atoms with Crippen molar-refractivity contribution in [3.05, 3.63) is 30.3 Å². The first-order valence-corrected chi connectivity index (χ1v) is 7.97. The van der Waals surface area contributed by atoms with E-state index in [1.165, 1.54) is 18.6 Å². The van der Waals surface area contributed by atoms with E-state index in [1.54, 1.807) is 0 Å². The lowest BCUT2D eigenvalue weighted by Gasteiger charge is -2.33. The highest BCUT2D eigenvalue weighted by molar-refractivity contribution is 7.09. The Bertz CT molecular complexity index is 623. The highest BCUT2D eigenvalue weighted by Gasteiger charge is 2.21. The number of nitrogens with zero attached hydrogens (tertiary/aromatic N) is 4. The molecule has 22 heavy (non-hydrogen) atoms. The number of carbonyl (C=O) groups excluding carboxylic acids is 1. The third-order valence-electron chi connectivity index (χ3n) is 3.67. The standard InChI is InChI=1S/C15H18N4O2S/c1-21-13(20)11-18-7-9-19(10-8-18)15-16-14(17-22-15)12-5-3-2-4-6-12/h2-6H,7-11H2,1H3. The number of hydrogen-bond donors (Lipinski definition) is 0. The van der Waals surface area contributed by atoms with Gasteiger partial charge in [0.2, 0.25) is 5.13 Å². The van der Waals surface area contributed by atoms with Crippen molar-refractivity contribution in [1.29, 1.82) is 0 Å². The average molecular weight is 318 g/mol. The maximum atomic E-state index is 11.3. The molecule has 0 spiro atoms. The maximum Gasteiger partial charge on any atom is 0.319 e. The molecule has 6 nitrogen and oxygen atoms in total. The Hall–Kier alpha value is -1.99. The maximum absolute atomic E-state index is 11.3. The Balaban J connectivity index is 1.60. The molecule has 0 atom stereocenters. The Kier molecular flexibility index (Phi) is 4.65. The lowest BCUT2D eigenvalue weighted by molar-refractivity contribution is -0.142. The predicted octanol–water partition coefficient (Wildman–Crippen LogP) is 1.50. The molecule has 0 N–H and O–H groups in total. The van der Waals surface area contributed by atoms with E-state index in [1.807, 2.05) is 30.3 Å². The van der Waals surface area contributed by atoms with Crippen molar-refractivity contribution in [2.45, 2.75) is 0 Å². The minimum atomic E-state index is -0.185. The average Bonchev–Trinajstić information content (AvgIpc) is 3.06. The molecule has 1 aliphatic rings. The number of rotatable bonds is 4. The molecule has 0 unspecified atom stereocenters. The number of ether oxygens (including phenoxy) is 1. The third kappa shape index (κ3) is 3.42.